The van der Waals surface area contributed by atoms with Gasteiger partial charge in [0.15, 0.2) is 0 Å². The highest BCUT2D eigenvalue weighted by Crippen LogP contribution is 2.18. The van der Waals surface area contributed by atoms with Gasteiger partial charge in [-0.25, -0.2) is 9.59 Å². The van der Waals surface area contributed by atoms with Crippen molar-refractivity contribution in [1.82, 2.24) is 15.2 Å². The second-order valence-corrected chi connectivity index (χ2v) is 5.95. The van der Waals surface area contributed by atoms with Crippen LogP contribution in [0.1, 0.15) is 21.6 Å². The number of amides is 2. The Labute approximate surface area is 156 Å². The molecule has 2 heterocycles. The van der Waals surface area contributed by atoms with E-state index in [1.165, 1.54) is 12.0 Å². The lowest BCUT2D eigenvalue weighted by atomic mass is 10.1. The number of rotatable bonds is 6. The van der Waals surface area contributed by atoms with E-state index < -0.39 is 18.1 Å². The van der Waals surface area contributed by atoms with Crippen molar-refractivity contribution in [3.63, 3.8) is 0 Å². The van der Waals surface area contributed by atoms with Gasteiger partial charge in [-0.3, -0.25) is 14.7 Å². The third-order valence-electron chi connectivity index (χ3n) is 4.15. The topological polar surface area (TPSA) is 97.8 Å². The molecule has 140 valence electrons. The number of methoxy groups -OCH3 is 1. The van der Waals surface area contributed by atoms with Crippen LogP contribution in [0.3, 0.4) is 0 Å². The van der Waals surface area contributed by atoms with Crippen LogP contribution in [0.5, 0.6) is 0 Å². The van der Waals surface area contributed by atoms with E-state index in [1.54, 1.807) is 42.6 Å². The van der Waals surface area contributed by atoms with Crippen molar-refractivity contribution in [2.75, 3.05) is 13.7 Å². The zero-order chi connectivity index (χ0) is 19.2. The molecule has 0 bridgehead atoms. The second-order valence-electron chi connectivity index (χ2n) is 5.95. The fraction of sp³-hybridized carbons (Fsp3) is 0.263. The maximum Gasteiger partial charge on any atom is 0.410 e. The molecule has 1 N–H and O–H groups in total. The predicted molar refractivity (Wildman–Crippen MR) is 94.5 cm³/mol. The van der Waals surface area contributed by atoms with Gasteiger partial charge in [0, 0.05) is 6.20 Å². The Bertz CT molecular complexity index is 840. The van der Waals surface area contributed by atoms with Crippen LogP contribution in [-0.2, 0) is 27.4 Å². The fourth-order valence-corrected chi connectivity index (χ4v) is 2.75. The zero-order valence-corrected chi connectivity index (χ0v) is 14.8. The van der Waals surface area contributed by atoms with Crippen LogP contribution >= 0.6 is 0 Å². The summed E-state index contributed by atoms with van der Waals surface area (Å²) >= 11 is 0. The van der Waals surface area contributed by atoms with Crippen molar-refractivity contribution < 1.29 is 23.9 Å². The average Bonchev–Trinajstić information content (AvgIpc) is 3.07. The summed E-state index contributed by atoms with van der Waals surface area (Å²) in [6, 6.07) is 11.4. The minimum Gasteiger partial charge on any atom is -0.465 e. The third kappa shape index (κ3) is 4.41. The third-order valence-corrected chi connectivity index (χ3v) is 4.15. The van der Waals surface area contributed by atoms with Crippen molar-refractivity contribution in [2.24, 2.45) is 0 Å². The van der Waals surface area contributed by atoms with Crippen molar-refractivity contribution in [3.05, 3.63) is 65.5 Å². The summed E-state index contributed by atoms with van der Waals surface area (Å²) in [5.74, 6) is -0.791. The monoisotopic (exact) mass is 369 g/mol. The lowest BCUT2D eigenvalue weighted by Crippen LogP contribution is -2.45. The Balaban J connectivity index is 1.67. The minimum atomic E-state index is -0.747. The molecule has 8 heteroatoms. The maximum atomic E-state index is 12.5. The Morgan fingerprint density at radius 3 is 2.89 bits per heavy atom. The van der Waals surface area contributed by atoms with E-state index in [2.05, 4.69) is 10.3 Å². The first-order chi connectivity index (χ1) is 13.1. The van der Waals surface area contributed by atoms with Crippen LogP contribution in [0.2, 0.25) is 0 Å². The predicted octanol–water partition coefficient (Wildman–Crippen LogP) is 1.51. The standard InChI is InChI=1S/C19H19N3O5/c1-26-18(24)14-6-4-5-13(9-14)11-22-16(12-27-19(22)25)17(23)21-10-15-7-2-3-8-20-15/h2-9,16H,10-12H2,1H3,(H,21,23)/t16-/m0/s1. The summed E-state index contributed by atoms with van der Waals surface area (Å²) in [7, 11) is 1.30. The van der Waals surface area contributed by atoms with Crippen LogP contribution in [0.15, 0.2) is 48.7 Å². The van der Waals surface area contributed by atoms with Gasteiger partial charge in [0.2, 0.25) is 5.91 Å². The van der Waals surface area contributed by atoms with Crippen molar-refractivity contribution in [1.29, 1.82) is 0 Å². The number of aromatic nitrogens is 1. The molecule has 8 nitrogen and oxygen atoms in total. The van der Waals surface area contributed by atoms with Crippen LogP contribution in [-0.4, -0.2) is 47.6 Å². The van der Waals surface area contributed by atoms with Gasteiger partial charge in [-0.1, -0.05) is 18.2 Å². The molecular weight excluding hydrogens is 350 g/mol. The molecular formula is C19H19N3O5. The number of hydrogen-bond donors (Lipinski definition) is 1. The SMILES string of the molecule is COC(=O)c1cccc(CN2C(=O)OC[C@H]2C(=O)NCc2ccccn2)c1. The number of hydrogen-bond acceptors (Lipinski definition) is 6. The molecule has 1 aromatic carbocycles. The number of nitrogens with zero attached hydrogens (tertiary/aromatic N) is 2. The summed E-state index contributed by atoms with van der Waals surface area (Å²) in [4.78, 5) is 41.7. The average molecular weight is 369 g/mol. The number of carbonyl (C=O) groups is 3. The number of pyridine rings is 1. The number of nitrogens with one attached hydrogen (secondary N) is 1. The molecule has 1 aliphatic rings. The summed E-state index contributed by atoms with van der Waals surface area (Å²) in [6.07, 6.45) is 1.07. The number of carbonyl (C=O) groups excluding carboxylic acids is 3. The molecule has 0 saturated carbocycles. The minimum absolute atomic E-state index is 0.0242. The molecule has 1 saturated heterocycles. The van der Waals surface area contributed by atoms with E-state index in [9.17, 15) is 14.4 Å². The van der Waals surface area contributed by atoms with Crippen molar-refractivity contribution >= 4 is 18.0 Å². The van der Waals surface area contributed by atoms with Crippen LogP contribution in [0.4, 0.5) is 4.79 Å². The van der Waals surface area contributed by atoms with Gasteiger partial charge in [0.25, 0.3) is 0 Å². The summed E-state index contributed by atoms with van der Waals surface area (Å²) < 4.78 is 9.74. The van der Waals surface area contributed by atoms with Crippen LogP contribution in [0.25, 0.3) is 0 Å². The summed E-state index contributed by atoms with van der Waals surface area (Å²) in [5.41, 5.74) is 1.78. The normalized spacial score (nSPS) is 16.0. The largest absolute Gasteiger partial charge is 0.465 e. The number of esters is 1. The molecule has 2 amide bonds. The van der Waals surface area contributed by atoms with Crippen molar-refractivity contribution in [3.8, 4) is 0 Å². The van der Waals surface area contributed by atoms with Gasteiger partial charge in [-0.15, -0.1) is 0 Å². The zero-order valence-electron chi connectivity index (χ0n) is 14.8. The molecule has 1 fully saturated rings. The van der Waals surface area contributed by atoms with E-state index in [-0.39, 0.29) is 25.6 Å². The Hall–Kier alpha value is -3.42. The number of benzene rings is 1. The molecule has 2 aromatic rings. The first kappa shape index (κ1) is 18.4. The Kier molecular flexibility index (Phi) is 5.65. The Morgan fingerprint density at radius 2 is 2.15 bits per heavy atom. The van der Waals surface area contributed by atoms with Gasteiger partial charge in [0.05, 0.1) is 31.5 Å². The van der Waals surface area contributed by atoms with Gasteiger partial charge in [-0.05, 0) is 29.8 Å². The first-order valence-corrected chi connectivity index (χ1v) is 8.37. The van der Waals surface area contributed by atoms with E-state index in [0.717, 1.165) is 0 Å². The Morgan fingerprint density at radius 1 is 1.30 bits per heavy atom. The van der Waals surface area contributed by atoms with Gasteiger partial charge >= 0.3 is 12.1 Å². The second kappa shape index (κ2) is 8.31. The number of ether oxygens (including phenoxy) is 2. The smallest absolute Gasteiger partial charge is 0.410 e. The first-order valence-electron chi connectivity index (χ1n) is 8.37. The molecule has 0 spiro atoms. The molecule has 1 aliphatic heterocycles. The highest BCUT2D eigenvalue weighted by molar-refractivity contribution is 5.90. The summed E-state index contributed by atoms with van der Waals surface area (Å²) in [5, 5.41) is 2.77. The molecule has 1 atom stereocenters. The molecule has 0 aliphatic carbocycles. The van der Waals surface area contributed by atoms with E-state index in [1.807, 2.05) is 6.07 Å². The molecule has 0 unspecified atom stereocenters. The summed E-state index contributed by atoms with van der Waals surface area (Å²) in [6.45, 7) is 0.380. The lowest BCUT2D eigenvalue weighted by molar-refractivity contribution is -0.125. The van der Waals surface area contributed by atoms with Crippen LogP contribution < -0.4 is 5.32 Å². The lowest BCUT2D eigenvalue weighted by Gasteiger charge is -2.21. The van der Waals surface area contributed by atoms with Gasteiger partial charge in [-0.2, -0.15) is 0 Å². The molecule has 1 aromatic heterocycles. The van der Waals surface area contributed by atoms with E-state index in [0.29, 0.717) is 16.8 Å². The molecule has 27 heavy (non-hydrogen) atoms. The fourth-order valence-electron chi connectivity index (χ4n) is 2.75. The van der Waals surface area contributed by atoms with Gasteiger partial charge in [0.1, 0.15) is 12.6 Å². The van der Waals surface area contributed by atoms with E-state index >= 15 is 0 Å². The van der Waals surface area contributed by atoms with Crippen molar-refractivity contribution in [2.45, 2.75) is 19.1 Å². The van der Waals surface area contributed by atoms with Gasteiger partial charge < -0.3 is 14.8 Å². The molecule has 3 rings (SSSR count). The quantitative estimate of drug-likeness (QED) is 0.775. The van der Waals surface area contributed by atoms with Crippen LogP contribution in [0, 0.1) is 0 Å². The molecule has 0 radical (unpaired) electrons. The number of cyclic esters (lactones) is 1. The maximum absolute atomic E-state index is 12.5. The van der Waals surface area contributed by atoms with E-state index in [4.69, 9.17) is 9.47 Å². The highest BCUT2D eigenvalue weighted by Gasteiger charge is 2.38. The highest BCUT2D eigenvalue weighted by atomic mass is 16.6.